The van der Waals surface area contributed by atoms with Crippen molar-refractivity contribution in [2.45, 2.75) is 32.0 Å². The lowest BCUT2D eigenvalue weighted by Crippen LogP contribution is -2.43. The highest BCUT2D eigenvalue weighted by Crippen LogP contribution is 2.65. The number of halogens is 3. The van der Waals surface area contributed by atoms with Crippen LogP contribution in [-0.4, -0.2) is 0 Å². The van der Waals surface area contributed by atoms with Crippen molar-refractivity contribution in [2.75, 3.05) is 9.80 Å². The predicted molar refractivity (Wildman–Crippen MR) is 179 cm³/mol. The van der Waals surface area contributed by atoms with Crippen LogP contribution in [0, 0.1) is 13.8 Å². The average Bonchev–Trinajstić information content (AvgIpc) is 3.06. The van der Waals surface area contributed by atoms with Crippen molar-refractivity contribution in [3.05, 3.63) is 172 Å². The molecule has 3 heterocycles. The van der Waals surface area contributed by atoms with E-state index in [1.807, 2.05) is 24.3 Å². The Morgan fingerprint density at radius 3 is 1.80 bits per heavy atom. The first-order chi connectivity index (χ1) is 22.3. The number of para-hydroxylation sites is 5. The molecular formula is C41H29F3N2. The summed E-state index contributed by atoms with van der Waals surface area (Å²) < 4.78 is 43.2. The highest BCUT2D eigenvalue weighted by Gasteiger charge is 2.53. The molecule has 224 valence electrons. The Hall–Kier alpha value is -5.29. The molecule has 2 nitrogen and oxygen atoms in total. The van der Waals surface area contributed by atoms with Crippen molar-refractivity contribution in [1.82, 2.24) is 0 Å². The van der Waals surface area contributed by atoms with Gasteiger partial charge in [-0.05, 0) is 82.6 Å². The minimum Gasteiger partial charge on any atom is -0.336 e. The molecule has 46 heavy (non-hydrogen) atoms. The molecule has 0 fully saturated rings. The van der Waals surface area contributed by atoms with Crippen LogP contribution in [-0.2, 0) is 18.1 Å². The van der Waals surface area contributed by atoms with Crippen molar-refractivity contribution in [3.8, 4) is 11.1 Å². The fraction of sp³-hybridized carbons (Fsp3) is 0.122. The molecule has 0 saturated carbocycles. The second kappa shape index (κ2) is 9.37. The van der Waals surface area contributed by atoms with Gasteiger partial charge in [-0.25, -0.2) is 0 Å². The highest BCUT2D eigenvalue weighted by molar-refractivity contribution is 6.00. The summed E-state index contributed by atoms with van der Waals surface area (Å²) in [6, 6.07) is 42.7. The predicted octanol–water partition coefficient (Wildman–Crippen LogP) is 11.1. The van der Waals surface area contributed by atoms with Crippen molar-refractivity contribution in [3.63, 3.8) is 0 Å². The third-order valence-electron chi connectivity index (χ3n) is 10.2. The lowest BCUT2D eigenvalue weighted by molar-refractivity contribution is -0.138. The highest BCUT2D eigenvalue weighted by atomic mass is 19.4. The normalized spacial score (nSPS) is 17.2. The lowest BCUT2D eigenvalue weighted by Gasteiger charge is -2.53. The Morgan fingerprint density at radius 1 is 0.522 bits per heavy atom. The monoisotopic (exact) mass is 606 g/mol. The van der Waals surface area contributed by atoms with E-state index in [1.165, 1.54) is 17.7 Å². The minimum absolute atomic E-state index is 0.139. The number of hydrogen-bond donors (Lipinski definition) is 0. The fourth-order valence-electron chi connectivity index (χ4n) is 8.40. The molecule has 0 aromatic heterocycles. The summed E-state index contributed by atoms with van der Waals surface area (Å²) in [5.74, 6) is 0. The Balaban J connectivity index is 1.45. The first-order valence-electron chi connectivity index (χ1n) is 15.6. The number of rotatable bonds is 1. The number of alkyl halides is 3. The maximum Gasteiger partial charge on any atom is 0.416 e. The van der Waals surface area contributed by atoms with Crippen LogP contribution < -0.4 is 9.80 Å². The molecule has 0 aliphatic carbocycles. The van der Waals surface area contributed by atoms with Crippen LogP contribution in [0.25, 0.3) is 11.1 Å². The fourth-order valence-corrected chi connectivity index (χ4v) is 8.40. The summed E-state index contributed by atoms with van der Waals surface area (Å²) in [7, 11) is 0. The Labute approximate surface area is 266 Å². The molecule has 6 aromatic rings. The topological polar surface area (TPSA) is 6.48 Å². The van der Waals surface area contributed by atoms with Gasteiger partial charge in [0.25, 0.3) is 0 Å². The number of fused-ring (bicyclic) bond motifs is 10. The van der Waals surface area contributed by atoms with E-state index in [4.69, 9.17) is 0 Å². The molecule has 0 N–H and O–H groups in total. The van der Waals surface area contributed by atoms with Crippen LogP contribution in [0.1, 0.15) is 44.5 Å². The third kappa shape index (κ3) is 3.38. The summed E-state index contributed by atoms with van der Waals surface area (Å²) in [5.41, 5.74) is 12.5. The zero-order valence-corrected chi connectivity index (χ0v) is 25.4. The third-order valence-corrected chi connectivity index (χ3v) is 10.2. The van der Waals surface area contributed by atoms with Gasteiger partial charge in [0.1, 0.15) is 0 Å². The molecule has 9 rings (SSSR count). The number of nitrogens with zero attached hydrogens (tertiary/aromatic N) is 2. The van der Waals surface area contributed by atoms with E-state index in [1.54, 1.807) is 0 Å². The summed E-state index contributed by atoms with van der Waals surface area (Å²) in [6.07, 6.45) is -4.45. The van der Waals surface area contributed by atoms with E-state index in [0.717, 1.165) is 61.8 Å². The Morgan fingerprint density at radius 2 is 1.07 bits per heavy atom. The van der Waals surface area contributed by atoms with Crippen molar-refractivity contribution < 1.29 is 13.2 Å². The van der Waals surface area contributed by atoms with Gasteiger partial charge in [-0.15, -0.1) is 0 Å². The number of aryl methyl sites for hydroxylation is 2. The summed E-state index contributed by atoms with van der Waals surface area (Å²) >= 11 is 0. The average molecular weight is 607 g/mol. The second-order valence-electron chi connectivity index (χ2n) is 12.5. The summed E-state index contributed by atoms with van der Waals surface area (Å²) in [4.78, 5) is 4.52. The molecule has 3 aliphatic rings. The van der Waals surface area contributed by atoms with Gasteiger partial charge < -0.3 is 9.80 Å². The van der Waals surface area contributed by atoms with Crippen LogP contribution in [0.4, 0.5) is 41.6 Å². The van der Waals surface area contributed by atoms with Crippen molar-refractivity contribution in [2.24, 2.45) is 0 Å². The quantitative estimate of drug-likeness (QED) is 0.183. The van der Waals surface area contributed by atoms with E-state index in [2.05, 4.69) is 115 Å². The molecular weight excluding hydrogens is 577 g/mol. The van der Waals surface area contributed by atoms with E-state index >= 15 is 0 Å². The van der Waals surface area contributed by atoms with Crippen molar-refractivity contribution >= 4 is 28.4 Å². The molecule has 5 heteroatoms. The van der Waals surface area contributed by atoms with Gasteiger partial charge in [0.15, 0.2) is 0 Å². The van der Waals surface area contributed by atoms with Crippen LogP contribution in [0.3, 0.4) is 0 Å². The molecule has 1 spiro atoms. The van der Waals surface area contributed by atoms with Crippen molar-refractivity contribution in [1.29, 1.82) is 0 Å². The lowest BCUT2D eigenvalue weighted by atomic mass is 9.59. The zero-order valence-electron chi connectivity index (χ0n) is 25.4. The largest absolute Gasteiger partial charge is 0.416 e. The molecule has 0 amide bonds. The van der Waals surface area contributed by atoms with Crippen LogP contribution >= 0.6 is 0 Å². The van der Waals surface area contributed by atoms with Crippen LogP contribution in [0.2, 0.25) is 0 Å². The number of benzene rings is 6. The first kappa shape index (κ1) is 27.1. The van der Waals surface area contributed by atoms with E-state index in [-0.39, 0.29) is 6.54 Å². The Bertz CT molecular complexity index is 2230. The maximum atomic E-state index is 14.4. The molecule has 0 bridgehead atoms. The zero-order chi connectivity index (χ0) is 31.4. The molecule has 6 aromatic carbocycles. The smallest absolute Gasteiger partial charge is 0.336 e. The molecule has 3 aliphatic heterocycles. The molecule has 0 saturated heterocycles. The SMILES string of the molecule is Cc1ccccc1N1c2ccccc2C2(c3ccccc3N3Cc4c(cccc4C(F)(F)F)-c4cccc2c43)c2cccc(C)c21. The van der Waals surface area contributed by atoms with Gasteiger partial charge >= 0.3 is 6.18 Å². The van der Waals surface area contributed by atoms with Gasteiger partial charge in [-0.3, -0.25) is 0 Å². The summed E-state index contributed by atoms with van der Waals surface area (Å²) in [6.45, 7) is 4.45. The standard InChI is InChI=1S/C41H29F3N2/c1-25-12-3-6-21-35(25)46-37-23-8-5-17-32(37)40(33-19-9-13-26(2)38(33)46)31-16-4-7-22-36(31)45-24-29-27(14-10-18-30(29)41(42,43)44)28-15-11-20-34(40)39(28)45/h3-23H,24H2,1-2H3. The van der Waals surface area contributed by atoms with E-state index < -0.39 is 17.2 Å². The number of anilines is 5. The van der Waals surface area contributed by atoms with Gasteiger partial charge in [0.05, 0.1) is 28.0 Å². The van der Waals surface area contributed by atoms with E-state index in [0.29, 0.717) is 11.1 Å². The molecule has 0 radical (unpaired) electrons. The Kier molecular flexibility index (Phi) is 5.51. The van der Waals surface area contributed by atoms with Crippen LogP contribution in [0.15, 0.2) is 127 Å². The maximum absolute atomic E-state index is 14.4. The van der Waals surface area contributed by atoms with Gasteiger partial charge in [-0.2, -0.15) is 13.2 Å². The minimum atomic E-state index is -4.45. The molecule has 1 unspecified atom stereocenters. The van der Waals surface area contributed by atoms with E-state index in [9.17, 15) is 13.2 Å². The second-order valence-corrected chi connectivity index (χ2v) is 12.5. The number of hydrogen-bond acceptors (Lipinski definition) is 2. The summed E-state index contributed by atoms with van der Waals surface area (Å²) in [5, 5.41) is 0. The molecule has 1 atom stereocenters. The first-order valence-corrected chi connectivity index (χ1v) is 15.6. The van der Waals surface area contributed by atoms with Gasteiger partial charge in [0, 0.05) is 23.5 Å². The van der Waals surface area contributed by atoms with Crippen LogP contribution in [0.5, 0.6) is 0 Å². The van der Waals surface area contributed by atoms with Gasteiger partial charge in [-0.1, -0.05) is 103 Å². The van der Waals surface area contributed by atoms with Gasteiger partial charge in [0.2, 0.25) is 0 Å².